The molecule has 0 saturated heterocycles. The van der Waals surface area contributed by atoms with Gasteiger partial charge in [-0.3, -0.25) is 4.79 Å². The zero-order chi connectivity index (χ0) is 22.2. The largest absolute Gasteiger partial charge is 0.394 e. The van der Waals surface area contributed by atoms with E-state index in [1.807, 2.05) is 30.3 Å². The van der Waals surface area contributed by atoms with Crippen molar-refractivity contribution in [3.63, 3.8) is 0 Å². The molecular weight excluding hydrogens is 408 g/mol. The number of carbonyl (C=O) groups excluding carboxylic acids is 1. The minimum atomic E-state index is -0.742. The van der Waals surface area contributed by atoms with Crippen LogP contribution in [-0.2, 0) is 22.6 Å². The van der Waals surface area contributed by atoms with Crippen LogP contribution in [0.15, 0.2) is 53.1 Å². The fourth-order valence-electron chi connectivity index (χ4n) is 3.22. The van der Waals surface area contributed by atoms with E-state index in [1.165, 1.54) is 6.07 Å². The first-order valence-corrected chi connectivity index (χ1v) is 9.75. The van der Waals surface area contributed by atoms with Gasteiger partial charge in [-0.2, -0.15) is 4.98 Å². The number of hydrogen-bond acceptors (Lipinski definition) is 6. The average molecular weight is 431 g/mol. The second-order valence-corrected chi connectivity index (χ2v) is 7.06. The number of ether oxygens (including phenoxy) is 1. The summed E-state index contributed by atoms with van der Waals surface area (Å²) in [7, 11) is 0. The highest BCUT2D eigenvalue weighted by molar-refractivity contribution is 5.47. The Kier molecular flexibility index (Phi) is 7.80. The zero-order valence-electron chi connectivity index (χ0n) is 16.9. The molecule has 0 aliphatic carbocycles. The van der Waals surface area contributed by atoms with Crippen molar-refractivity contribution in [1.29, 1.82) is 0 Å². The number of benzene rings is 2. The first-order valence-electron chi connectivity index (χ1n) is 9.75. The lowest BCUT2D eigenvalue weighted by Crippen LogP contribution is -2.37. The number of aromatic nitrogens is 2. The average Bonchev–Trinajstić information content (AvgIpc) is 3.24. The predicted molar refractivity (Wildman–Crippen MR) is 107 cm³/mol. The Hall–Kier alpha value is -3.17. The number of rotatable bonds is 11. The number of nitrogens with zero attached hydrogens (tertiary/aromatic N) is 2. The van der Waals surface area contributed by atoms with Crippen molar-refractivity contribution in [3.05, 3.63) is 83.0 Å². The van der Waals surface area contributed by atoms with Crippen LogP contribution in [0.25, 0.3) is 0 Å². The SMILES string of the molecule is CC(C(CO)OCc1ccccc1)C(NC=O)c1noc(Cc2c(F)cccc2F)n1. The molecule has 1 amide bonds. The lowest BCUT2D eigenvalue weighted by Gasteiger charge is -2.27. The molecule has 164 valence electrons. The van der Waals surface area contributed by atoms with E-state index < -0.39 is 29.7 Å². The number of amides is 1. The highest BCUT2D eigenvalue weighted by atomic mass is 19.1. The van der Waals surface area contributed by atoms with Gasteiger partial charge in [0.1, 0.15) is 11.6 Å². The molecule has 3 unspecified atom stereocenters. The van der Waals surface area contributed by atoms with Crippen molar-refractivity contribution < 1.29 is 27.9 Å². The second-order valence-electron chi connectivity index (χ2n) is 7.06. The molecule has 0 spiro atoms. The molecular formula is C22H23F2N3O4. The minimum absolute atomic E-state index is 0.00495. The van der Waals surface area contributed by atoms with Gasteiger partial charge in [0, 0.05) is 11.5 Å². The topological polar surface area (TPSA) is 97.5 Å². The van der Waals surface area contributed by atoms with Crippen molar-refractivity contribution >= 4 is 6.41 Å². The van der Waals surface area contributed by atoms with Crippen molar-refractivity contribution in [2.24, 2.45) is 5.92 Å². The van der Waals surface area contributed by atoms with E-state index in [0.29, 0.717) is 6.41 Å². The third kappa shape index (κ3) is 5.71. The van der Waals surface area contributed by atoms with E-state index in [2.05, 4.69) is 15.5 Å². The quantitative estimate of drug-likeness (QED) is 0.453. The Morgan fingerprint density at radius 3 is 2.52 bits per heavy atom. The Labute approximate surface area is 178 Å². The standard InChI is InChI=1S/C22H23F2N3O4/c1-14(19(11-28)30-12-15-6-3-2-4-7-15)21(25-13-29)22-26-20(31-27-22)10-16-17(23)8-5-9-18(16)24/h2-9,13-14,19,21,28H,10-12H2,1H3,(H,25,29). The van der Waals surface area contributed by atoms with Gasteiger partial charge in [0.25, 0.3) is 0 Å². The molecule has 0 aliphatic heterocycles. The molecule has 0 saturated carbocycles. The van der Waals surface area contributed by atoms with Crippen LogP contribution in [0.5, 0.6) is 0 Å². The van der Waals surface area contributed by atoms with Gasteiger partial charge in [-0.1, -0.05) is 48.5 Å². The van der Waals surface area contributed by atoms with Crippen molar-refractivity contribution in [1.82, 2.24) is 15.5 Å². The van der Waals surface area contributed by atoms with Gasteiger partial charge in [-0.05, 0) is 17.7 Å². The van der Waals surface area contributed by atoms with Gasteiger partial charge in [0.05, 0.1) is 31.8 Å². The number of halogens is 2. The first kappa shape index (κ1) is 22.5. The van der Waals surface area contributed by atoms with Crippen LogP contribution in [-0.4, -0.2) is 34.4 Å². The lowest BCUT2D eigenvalue weighted by molar-refractivity contribution is -0.111. The Balaban J connectivity index is 1.73. The summed E-state index contributed by atoms with van der Waals surface area (Å²) < 4.78 is 38.8. The van der Waals surface area contributed by atoms with E-state index in [1.54, 1.807) is 6.92 Å². The van der Waals surface area contributed by atoms with Gasteiger partial charge in [-0.25, -0.2) is 8.78 Å². The molecule has 0 radical (unpaired) electrons. The van der Waals surface area contributed by atoms with Crippen molar-refractivity contribution in [3.8, 4) is 0 Å². The number of hydrogen-bond donors (Lipinski definition) is 2. The van der Waals surface area contributed by atoms with Gasteiger partial charge in [0.2, 0.25) is 12.3 Å². The fourth-order valence-corrected chi connectivity index (χ4v) is 3.22. The fraction of sp³-hybridized carbons (Fsp3) is 0.318. The maximum Gasteiger partial charge on any atom is 0.231 e. The summed E-state index contributed by atoms with van der Waals surface area (Å²) in [6.45, 7) is 1.74. The highest BCUT2D eigenvalue weighted by Gasteiger charge is 2.31. The smallest absolute Gasteiger partial charge is 0.231 e. The summed E-state index contributed by atoms with van der Waals surface area (Å²) >= 11 is 0. The van der Waals surface area contributed by atoms with Crippen LogP contribution in [0.1, 0.15) is 35.8 Å². The van der Waals surface area contributed by atoms with E-state index >= 15 is 0 Å². The summed E-state index contributed by atoms with van der Waals surface area (Å²) in [6.07, 6.45) is -0.385. The molecule has 31 heavy (non-hydrogen) atoms. The Morgan fingerprint density at radius 1 is 1.16 bits per heavy atom. The summed E-state index contributed by atoms with van der Waals surface area (Å²) in [5.74, 6) is -1.76. The summed E-state index contributed by atoms with van der Waals surface area (Å²) in [5.41, 5.74) is 0.742. The van der Waals surface area contributed by atoms with Crippen LogP contribution in [0.3, 0.4) is 0 Å². The molecule has 0 aliphatic rings. The molecule has 7 nitrogen and oxygen atoms in total. The maximum atomic E-state index is 13.9. The number of nitrogens with one attached hydrogen (secondary N) is 1. The van der Waals surface area contributed by atoms with E-state index in [9.17, 15) is 18.7 Å². The molecule has 0 fully saturated rings. The number of aliphatic hydroxyl groups excluding tert-OH is 1. The molecule has 2 N–H and O–H groups in total. The van der Waals surface area contributed by atoms with Gasteiger partial charge in [-0.15, -0.1) is 0 Å². The molecule has 2 aromatic carbocycles. The minimum Gasteiger partial charge on any atom is -0.394 e. The molecule has 9 heteroatoms. The van der Waals surface area contributed by atoms with E-state index in [0.717, 1.165) is 17.7 Å². The van der Waals surface area contributed by atoms with Gasteiger partial charge in [0.15, 0.2) is 5.82 Å². The Bertz CT molecular complexity index is 964. The maximum absolute atomic E-state index is 13.9. The predicted octanol–water partition coefficient (Wildman–Crippen LogP) is 2.94. The summed E-state index contributed by atoms with van der Waals surface area (Å²) in [5, 5.41) is 16.3. The lowest BCUT2D eigenvalue weighted by atomic mass is 9.95. The number of aliphatic hydroxyl groups is 1. The monoisotopic (exact) mass is 431 g/mol. The van der Waals surface area contributed by atoms with Crippen LogP contribution in [0.4, 0.5) is 8.78 Å². The summed E-state index contributed by atoms with van der Waals surface area (Å²) in [4.78, 5) is 15.4. The van der Waals surface area contributed by atoms with Crippen LogP contribution < -0.4 is 5.32 Å². The highest BCUT2D eigenvalue weighted by Crippen LogP contribution is 2.25. The molecule has 1 aromatic heterocycles. The molecule has 1 heterocycles. The second kappa shape index (κ2) is 10.7. The Morgan fingerprint density at radius 2 is 1.87 bits per heavy atom. The van der Waals surface area contributed by atoms with Crippen LogP contribution in [0.2, 0.25) is 0 Å². The normalized spacial score (nSPS) is 14.1. The third-order valence-electron chi connectivity index (χ3n) is 5.00. The zero-order valence-corrected chi connectivity index (χ0v) is 16.9. The molecule has 3 atom stereocenters. The van der Waals surface area contributed by atoms with Crippen LogP contribution in [0, 0.1) is 17.6 Å². The van der Waals surface area contributed by atoms with Crippen molar-refractivity contribution in [2.75, 3.05) is 6.61 Å². The van der Waals surface area contributed by atoms with Gasteiger partial charge < -0.3 is 19.7 Å². The molecule has 3 aromatic rings. The third-order valence-corrected chi connectivity index (χ3v) is 5.00. The molecule has 3 rings (SSSR count). The van der Waals surface area contributed by atoms with E-state index in [-0.39, 0.29) is 36.9 Å². The van der Waals surface area contributed by atoms with Crippen LogP contribution >= 0.6 is 0 Å². The van der Waals surface area contributed by atoms with Gasteiger partial charge >= 0.3 is 0 Å². The number of carbonyl (C=O) groups is 1. The van der Waals surface area contributed by atoms with E-state index in [4.69, 9.17) is 9.26 Å². The summed E-state index contributed by atoms with van der Waals surface area (Å²) in [6, 6.07) is 12.3. The molecule has 0 bridgehead atoms. The first-order chi connectivity index (χ1) is 15.0. The van der Waals surface area contributed by atoms with Crippen molar-refractivity contribution in [2.45, 2.75) is 32.1 Å².